The normalized spacial score (nSPS) is 15.2. The number of thiazole rings is 1. The molecule has 9 heteroatoms. The van der Waals surface area contributed by atoms with Crippen LogP contribution in [-0.4, -0.2) is 31.4 Å². The molecule has 1 aliphatic rings. The Hall–Kier alpha value is -2.49. The lowest BCUT2D eigenvalue weighted by Gasteiger charge is -2.19. The molecule has 4 aromatic rings. The number of carbonyl (C=O) groups is 1. The fourth-order valence-electron chi connectivity index (χ4n) is 4.53. The third kappa shape index (κ3) is 5.28. The summed E-state index contributed by atoms with van der Waals surface area (Å²) >= 11 is 4.73. The minimum absolute atomic E-state index is 0.0875. The average Bonchev–Trinajstić information content (AvgIpc) is 3.58. The molecule has 0 spiro atoms. The van der Waals surface area contributed by atoms with E-state index in [-0.39, 0.29) is 11.7 Å². The summed E-state index contributed by atoms with van der Waals surface area (Å²) in [5, 5.41) is 17.6. The number of fused-ring (bicyclic) bond motifs is 1. The zero-order valence-corrected chi connectivity index (χ0v) is 23.6. The number of hydrogen-bond donors (Lipinski definition) is 1. The summed E-state index contributed by atoms with van der Waals surface area (Å²) in [5.74, 6) is 1.86. The van der Waals surface area contributed by atoms with Crippen molar-refractivity contribution in [3.05, 3.63) is 50.5 Å². The van der Waals surface area contributed by atoms with E-state index in [2.05, 4.69) is 76.3 Å². The molecule has 1 aliphatic carbocycles. The van der Waals surface area contributed by atoms with Crippen molar-refractivity contribution in [1.82, 2.24) is 19.7 Å². The lowest BCUT2D eigenvalue weighted by molar-refractivity contribution is -0.113. The van der Waals surface area contributed by atoms with Crippen molar-refractivity contribution in [3.63, 3.8) is 0 Å². The number of rotatable bonds is 8. The molecule has 5 rings (SSSR count). The van der Waals surface area contributed by atoms with Gasteiger partial charge in [0.1, 0.15) is 0 Å². The first kappa shape index (κ1) is 25.2. The standard InChI is InChI=1S/C27H31N5OS3/c1-5-10-32-25(21-13-34-23-11-16(2)6-9-20(21)23)30-31-27(32)36-15-24(33)29-26-28-22(14-35-26)19-8-7-17(3)18(4)12-19/h7-8,12-14,16H,5-6,9-11,15H2,1-4H3,(H,28,29,33). The summed E-state index contributed by atoms with van der Waals surface area (Å²) in [5.41, 5.74) is 7.10. The highest BCUT2D eigenvalue weighted by Crippen LogP contribution is 2.38. The lowest BCUT2D eigenvalue weighted by Crippen LogP contribution is -2.14. The molecular formula is C27H31N5OS3. The summed E-state index contributed by atoms with van der Waals surface area (Å²) in [6, 6.07) is 6.31. The van der Waals surface area contributed by atoms with Gasteiger partial charge in [0.05, 0.1) is 11.4 Å². The smallest absolute Gasteiger partial charge is 0.236 e. The Kier molecular flexibility index (Phi) is 7.60. The number of aryl methyl sites for hydroxylation is 2. The monoisotopic (exact) mass is 537 g/mol. The maximum absolute atomic E-state index is 12.7. The number of thiophene rings is 1. The van der Waals surface area contributed by atoms with Gasteiger partial charge in [0.2, 0.25) is 5.91 Å². The summed E-state index contributed by atoms with van der Waals surface area (Å²) < 4.78 is 2.18. The Morgan fingerprint density at radius 3 is 2.86 bits per heavy atom. The fourth-order valence-corrected chi connectivity index (χ4v) is 7.28. The zero-order valence-electron chi connectivity index (χ0n) is 21.1. The van der Waals surface area contributed by atoms with E-state index < -0.39 is 0 Å². The molecule has 0 saturated heterocycles. The SMILES string of the molecule is CCCn1c(SCC(=O)Nc2nc(-c3ccc(C)c(C)c3)cs2)nnc1-c1csc2c1CCC(C)C2. The van der Waals surface area contributed by atoms with Crippen molar-refractivity contribution in [2.45, 2.75) is 65.1 Å². The van der Waals surface area contributed by atoms with Gasteiger partial charge < -0.3 is 9.88 Å². The summed E-state index contributed by atoms with van der Waals surface area (Å²) in [6.07, 6.45) is 4.47. The van der Waals surface area contributed by atoms with Gasteiger partial charge in [-0.3, -0.25) is 4.79 Å². The van der Waals surface area contributed by atoms with Crippen molar-refractivity contribution in [1.29, 1.82) is 0 Å². The van der Waals surface area contributed by atoms with Crippen molar-refractivity contribution in [2.24, 2.45) is 5.92 Å². The van der Waals surface area contributed by atoms with Gasteiger partial charge in [-0.25, -0.2) is 4.98 Å². The second-order valence-corrected chi connectivity index (χ2v) is 12.3. The van der Waals surface area contributed by atoms with Gasteiger partial charge in [0.25, 0.3) is 0 Å². The second-order valence-electron chi connectivity index (χ2n) is 9.53. The highest BCUT2D eigenvalue weighted by Gasteiger charge is 2.24. The Morgan fingerprint density at radius 1 is 1.19 bits per heavy atom. The molecule has 0 bridgehead atoms. The van der Waals surface area contributed by atoms with E-state index in [0.717, 1.165) is 54.0 Å². The van der Waals surface area contributed by atoms with Crippen LogP contribution < -0.4 is 5.32 Å². The van der Waals surface area contributed by atoms with Gasteiger partial charge in [0, 0.05) is 33.3 Å². The summed E-state index contributed by atoms with van der Waals surface area (Å²) in [7, 11) is 0. The molecular weight excluding hydrogens is 507 g/mol. The highest BCUT2D eigenvalue weighted by atomic mass is 32.2. The Bertz CT molecular complexity index is 1390. The predicted octanol–water partition coefficient (Wildman–Crippen LogP) is 7.01. The quantitative estimate of drug-likeness (QED) is 0.245. The molecule has 1 aromatic carbocycles. The number of nitrogens with zero attached hydrogens (tertiary/aromatic N) is 4. The van der Waals surface area contributed by atoms with Crippen LogP contribution in [0.25, 0.3) is 22.6 Å². The number of aromatic nitrogens is 4. The Labute approximate surface area is 224 Å². The van der Waals surface area contributed by atoms with E-state index in [1.807, 2.05) is 16.7 Å². The van der Waals surface area contributed by atoms with Gasteiger partial charge in [-0.1, -0.05) is 37.7 Å². The number of thioether (sulfide) groups is 1. The minimum atomic E-state index is -0.0875. The van der Waals surface area contributed by atoms with Crippen LogP contribution in [-0.2, 0) is 24.2 Å². The van der Waals surface area contributed by atoms with Crippen LogP contribution in [0.4, 0.5) is 5.13 Å². The van der Waals surface area contributed by atoms with Crippen molar-refractivity contribution in [3.8, 4) is 22.6 Å². The minimum Gasteiger partial charge on any atom is -0.302 e. The molecule has 1 amide bonds. The Morgan fingerprint density at radius 2 is 2.06 bits per heavy atom. The molecule has 3 heterocycles. The number of anilines is 1. The molecule has 0 saturated carbocycles. The van der Waals surface area contributed by atoms with Crippen LogP contribution in [0, 0.1) is 19.8 Å². The molecule has 3 aromatic heterocycles. The van der Waals surface area contributed by atoms with Gasteiger partial charge in [-0.2, -0.15) is 0 Å². The molecule has 1 unspecified atom stereocenters. The van der Waals surface area contributed by atoms with Gasteiger partial charge >= 0.3 is 0 Å². The molecule has 188 valence electrons. The summed E-state index contributed by atoms with van der Waals surface area (Å²) in [6.45, 7) is 9.52. The van der Waals surface area contributed by atoms with Crippen molar-refractivity contribution in [2.75, 3.05) is 11.1 Å². The first-order chi connectivity index (χ1) is 17.4. The lowest BCUT2D eigenvalue weighted by atomic mass is 9.88. The number of amides is 1. The highest BCUT2D eigenvalue weighted by molar-refractivity contribution is 7.99. The zero-order chi connectivity index (χ0) is 25.2. The molecule has 0 fully saturated rings. The number of hydrogen-bond acceptors (Lipinski definition) is 7. The fraction of sp³-hybridized carbons (Fsp3) is 0.407. The van der Waals surface area contributed by atoms with E-state index >= 15 is 0 Å². The Balaban J connectivity index is 1.26. The third-order valence-corrected chi connectivity index (χ3v) is 9.47. The number of carbonyl (C=O) groups excluding carboxylic acids is 1. The number of benzene rings is 1. The molecule has 0 radical (unpaired) electrons. The molecule has 6 nitrogen and oxygen atoms in total. The van der Waals surface area contributed by atoms with Gasteiger partial charge in [-0.05, 0) is 68.2 Å². The first-order valence-corrected chi connectivity index (χ1v) is 15.2. The molecule has 36 heavy (non-hydrogen) atoms. The van der Waals surface area contributed by atoms with Crippen LogP contribution in [0.5, 0.6) is 0 Å². The molecule has 0 aliphatic heterocycles. The van der Waals surface area contributed by atoms with E-state index in [9.17, 15) is 4.79 Å². The van der Waals surface area contributed by atoms with Crippen LogP contribution in [0.2, 0.25) is 0 Å². The third-order valence-electron chi connectivity index (χ3n) is 6.69. The topological polar surface area (TPSA) is 72.7 Å². The first-order valence-electron chi connectivity index (χ1n) is 12.4. The van der Waals surface area contributed by atoms with Crippen LogP contribution in [0.15, 0.2) is 34.1 Å². The van der Waals surface area contributed by atoms with E-state index in [1.54, 1.807) is 0 Å². The van der Waals surface area contributed by atoms with Crippen LogP contribution in [0.1, 0.15) is 48.3 Å². The van der Waals surface area contributed by atoms with Crippen molar-refractivity contribution < 1.29 is 4.79 Å². The van der Waals surface area contributed by atoms with Crippen LogP contribution >= 0.6 is 34.4 Å². The van der Waals surface area contributed by atoms with Crippen molar-refractivity contribution >= 4 is 45.5 Å². The van der Waals surface area contributed by atoms with E-state index in [4.69, 9.17) is 0 Å². The molecule has 1 atom stereocenters. The van der Waals surface area contributed by atoms with E-state index in [0.29, 0.717) is 5.13 Å². The van der Waals surface area contributed by atoms with E-state index in [1.165, 1.54) is 56.7 Å². The maximum Gasteiger partial charge on any atom is 0.236 e. The average molecular weight is 538 g/mol. The van der Waals surface area contributed by atoms with Gasteiger partial charge in [0.15, 0.2) is 16.1 Å². The summed E-state index contributed by atoms with van der Waals surface area (Å²) in [4.78, 5) is 18.9. The second kappa shape index (κ2) is 10.9. The predicted molar refractivity (Wildman–Crippen MR) is 151 cm³/mol. The molecule has 1 N–H and O–H groups in total. The largest absolute Gasteiger partial charge is 0.302 e. The van der Waals surface area contributed by atoms with Gasteiger partial charge in [-0.15, -0.1) is 32.9 Å². The number of nitrogens with one attached hydrogen (secondary N) is 1. The van der Waals surface area contributed by atoms with Crippen LogP contribution in [0.3, 0.4) is 0 Å². The maximum atomic E-state index is 12.7.